The zero-order chi connectivity index (χ0) is 22.9. The largest absolute Gasteiger partial charge is 0.206 e. The van der Waals surface area contributed by atoms with Crippen molar-refractivity contribution in [1.29, 1.82) is 5.26 Å². The zero-order valence-corrected chi connectivity index (χ0v) is 19.2. The summed E-state index contributed by atoms with van der Waals surface area (Å²) >= 11 is 0.485. The Bertz CT molecular complexity index is 1160. The number of hydrogen-bond acceptors (Lipinski definition) is 2. The first-order valence-corrected chi connectivity index (χ1v) is 11.7. The van der Waals surface area contributed by atoms with Gasteiger partial charge in [0, 0.05) is 11.1 Å². The van der Waals surface area contributed by atoms with Crippen molar-refractivity contribution in [2.24, 2.45) is 0 Å². The molecule has 0 bridgehead atoms. The van der Waals surface area contributed by atoms with Crippen molar-refractivity contribution < 1.29 is 8.78 Å². The molecule has 0 N–H and O–H groups in total. The molecule has 1 nitrogen and oxygen atoms in total. The Morgan fingerprint density at radius 2 is 1.56 bits per heavy atom. The number of nitrogens with zero attached hydrogens (tertiary/aromatic N) is 1. The van der Waals surface area contributed by atoms with Gasteiger partial charge in [0.2, 0.25) is 0 Å². The fourth-order valence-corrected chi connectivity index (χ4v) is 3.96. The molecule has 162 valence electrons. The number of thiocyanates is 1. The summed E-state index contributed by atoms with van der Waals surface area (Å²) in [5.74, 6) is 5.00. The molecule has 0 spiro atoms. The van der Waals surface area contributed by atoms with Crippen molar-refractivity contribution in [3.63, 3.8) is 0 Å². The highest BCUT2D eigenvalue weighted by Gasteiger charge is 2.12. The van der Waals surface area contributed by atoms with Gasteiger partial charge in [0.25, 0.3) is 0 Å². The molecule has 32 heavy (non-hydrogen) atoms. The Hall–Kier alpha value is -3.08. The average molecular weight is 446 g/mol. The third-order valence-corrected chi connectivity index (χ3v) is 6.01. The summed E-state index contributed by atoms with van der Waals surface area (Å²) in [6.45, 7) is 4.36. The minimum Gasteiger partial charge on any atom is -0.206 e. The van der Waals surface area contributed by atoms with Crippen molar-refractivity contribution in [2.75, 3.05) is 0 Å². The second kappa shape index (κ2) is 11.5. The monoisotopic (exact) mass is 445 g/mol. The standard InChI is InChI=1S/C28H25F2NS/c1-3-5-6-7-21-11-15-23(22(4-2)16-21)12-8-20-9-13-24(14-10-20)25-17-26(29)28(32-19-31)27(30)18-25/h9-11,13-18H,3-7H2,1-2H3. The minimum absolute atomic E-state index is 0.276. The molecular weight excluding hydrogens is 420 g/mol. The normalized spacial score (nSPS) is 10.3. The van der Waals surface area contributed by atoms with Gasteiger partial charge in [-0.05, 0) is 83.6 Å². The van der Waals surface area contributed by atoms with Crippen LogP contribution in [0.5, 0.6) is 0 Å². The predicted molar refractivity (Wildman–Crippen MR) is 128 cm³/mol. The average Bonchev–Trinajstić information content (AvgIpc) is 2.80. The number of unbranched alkanes of at least 4 members (excludes halogenated alkanes) is 2. The van der Waals surface area contributed by atoms with Crippen LogP contribution in [-0.2, 0) is 12.8 Å². The SMILES string of the molecule is CCCCCc1ccc(C#Cc2ccc(-c3cc(F)c(SC#N)c(F)c3)cc2)c(CC)c1. The predicted octanol–water partition coefficient (Wildman–Crippen LogP) is 7.90. The topological polar surface area (TPSA) is 23.8 Å². The number of hydrogen-bond donors (Lipinski definition) is 0. The van der Waals surface area contributed by atoms with Crippen LogP contribution in [-0.4, -0.2) is 0 Å². The maximum atomic E-state index is 14.1. The molecule has 0 saturated carbocycles. The van der Waals surface area contributed by atoms with Crippen LogP contribution in [0.2, 0.25) is 0 Å². The first-order chi connectivity index (χ1) is 15.5. The van der Waals surface area contributed by atoms with Crippen LogP contribution in [0.15, 0.2) is 59.5 Å². The molecule has 0 aliphatic rings. The zero-order valence-electron chi connectivity index (χ0n) is 18.3. The highest BCUT2D eigenvalue weighted by Crippen LogP contribution is 2.30. The van der Waals surface area contributed by atoms with Gasteiger partial charge >= 0.3 is 0 Å². The summed E-state index contributed by atoms with van der Waals surface area (Å²) in [5.41, 5.74) is 5.60. The number of benzene rings is 3. The molecule has 0 radical (unpaired) electrons. The van der Waals surface area contributed by atoms with Gasteiger partial charge < -0.3 is 0 Å². The van der Waals surface area contributed by atoms with Gasteiger partial charge in [-0.15, -0.1) is 0 Å². The molecule has 0 amide bonds. The number of rotatable bonds is 7. The van der Waals surface area contributed by atoms with Gasteiger partial charge in [-0.2, -0.15) is 5.26 Å². The van der Waals surface area contributed by atoms with Crippen LogP contribution >= 0.6 is 11.8 Å². The van der Waals surface area contributed by atoms with Crippen LogP contribution in [0.25, 0.3) is 11.1 Å². The lowest BCUT2D eigenvalue weighted by atomic mass is 9.98. The van der Waals surface area contributed by atoms with Crippen LogP contribution < -0.4 is 0 Å². The maximum Gasteiger partial charge on any atom is 0.141 e. The van der Waals surface area contributed by atoms with Crippen LogP contribution in [0, 0.1) is 34.1 Å². The first kappa shape index (κ1) is 23.6. The quantitative estimate of drug-likeness (QED) is 0.160. The number of aryl methyl sites for hydroxylation is 2. The summed E-state index contributed by atoms with van der Waals surface area (Å²) in [5, 5.41) is 10.4. The van der Waals surface area contributed by atoms with Crippen molar-refractivity contribution in [2.45, 2.75) is 50.8 Å². The molecule has 3 aromatic rings. The Labute approximate surface area is 193 Å². The summed E-state index contributed by atoms with van der Waals surface area (Å²) in [7, 11) is 0. The summed E-state index contributed by atoms with van der Waals surface area (Å²) in [6.07, 6.45) is 5.72. The molecule has 3 rings (SSSR count). The number of halogens is 2. The second-order valence-corrected chi connectivity index (χ2v) is 8.39. The van der Waals surface area contributed by atoms with Gasteiger partial charge in [0.15, 0.2) is 0 Å². The third-order valence-electron chi connectivity index (χ3n) is 5.33. The van der Waals surface area contributed by atoms with E-state index in [9.17, 15) is 8.78 Å². The van der Waals surface area contributed by atoms with Crippen molar-refractivity contribution in [3.8, 4) is 28.4 Å². The second-order valence-electron chi connectivity index (χ2n) is 7.59. The van der Waals surface area contributed by atoms with Crippen LogP contribution in [0.3, 0.4) is 0 Å². The molecule has 0 heterocycles. The van der Waals surface area contributed by atoms with E-state index in [-0.39, 0.29) is 4.90 Å². The Kier molecular flexibility index (Phi) is 8.48. The van der Waals surface area contributed by atoms with E-state index >= 15 is 0 Å². The van der Waals surface area contributed by atoms with E-state index in [1.54, 1.807) is 17.5 Å². The number of thioether (sulfide) groups is 1. The minimum atomic E-state index is -0.736. The van der Waals surface area contributed by atoms with Gasteiger partial charge in [-0.1, -0.05) is 62.8 Å². The molecule has 0 saturated heterocycles. The lowest BCUT2D eigenvalue weighted by Gasteiger charge is -2.07. The van der Waals surface area contributed by atoms with Crippen molar-refractivity contribution in [3.05, 3.63) is 88.5 Å². The summed E-state index contributed by atoms with van der Waals surface area (Å²) in [6, 6.07) is 16.3. The van der Waals surface area contributed by atoms with Crippen LogP contribution in [0.4, 0.5) is 8.78 Å². The Balaban J connectivity index is 1.78. The molecule has 0 unspecified atom stereocenters. The summed E-state index contributed by atoms with van der Waals surface area (Å²) < 4.78 is 28.2. The van der Waals surface area contributed by atoms with Gasteiger partial charge in [-0.3, -0.25) is 0 Å². The first-order valence-electron chi connectivity index (χ1n) is 10.8. The molecule has 0 aromatic heterocycles. The smallest absolute Gasteiger partial charge is 0.141 e. The number of nitriles is 1. The van der Waals surface area contributed by atoms with E-state index in [0.29, 0.717) is 22.9 Å². The van der Waals surface area contributed by atoms with E-state index in [0.717, 1.165) is 24.0 Å². The maximum absolute atomic E-state index is 14.1. The van der Waals surface area contributed by atoms with Gasteiger partial charge in [-0.25, -0.2) is 8.78 Å². The molecule has 0 aliphatic heterocycles. The molecule has 4 heteroatoms. The Morgan fingerprint density at radius 1 is 0.844 bits per heavy atom. The molecule has 0 atom stereocenters. The third kappa shape index (κ3) is 6.00. The molecule has 3 aromatic carbocycles. The lowest BCUT2D eigenvalue weighted by molar-refractivity contribution is 0.542. The van der Waals surface area contributed by atoms with Crippen molar-refractivity contribution >= 4 is 11.8 Å². The lowest BCUT2D eigenvalue weighted by Crippen LogP contribution is -1.93. The van der Waals surface area contributed by atoms with E-state index in [2.05, 4.69) is 43.9 Å². The fraction of sp³-hybridized carbons (Fsp3) is 0.250. The van der Waals surface area contributed by atoms with E-state index < -0.39 is 11.6 Å². The Morgan fingerprint density at radius 3 is 2.19 bits per heavy atom. The summed E-state index contributed by atoms with van der Waals surface area (Å²) in [4.78, 5) is -0.276. The van der Waals surface area contributed by atoms with Crippen LogP contribution in [0.1, 0.15) is 55.4 Å². The molecular formula is C28H25F2NS. The highest BCUT2D eigenvalue weighted by atomic mass is 32.2. The molecule has 0 fully saturated rings. The van der Waals surface area contributed by atoms with Gasteiger partial charge in [0.1, 0.15) is 17.0 Å². The highest BCUT2D eigenvalue weighted by molar-refractivity contribution is 8.03. The van der Waals surface area contributed by atoms with Gasteiger partial charge in [0.05, 0.1) is 4.90 Å². The molecule has 0 aliphatic carbocycles. The van der Waals surface area contributed by atoms with E-state index in [4.69, 9.17) is 5.26 Å². The van der Waals surface area contributed by atoms with E-state index in [1.165, 1.54) is 42.5 Å². The van der Waals surface area contributed by atoms with E-state index in [1.807, 2.05) is 12.1 Å². The fourth-order valence-electron chi connectivity index (χ4n) is 3.55. The van der Waals surface area contributed by atoms with Crippen molar-refractivity contribution in [1.82, 2.24) is 0 Å².